The SMILES string of the molecule is COc1c(C/C=C/c2ccccc2OCc2ccccc2)ccc(OCc2ccccc2)c1OC. The van der Waals surface area contributed by atoms with Gasteiger partial charge in [-0.1, -0.05) is 97.1 Å². The van der Waals surface area contributed by atoms with E-state index in [2.05, 4.69) is 30.4 Å². The lowest BCUT2D eigenvalue weighted by Gasteiger charge is -2.16. The first-order valence-electron chi connectivity index (χ1n) is 11.6. The Hall–Kier alpha value is -4.18. The molecule has 0 bridgehead atoms. The molecule has 178 valence electrons. The van der Waals surface area contributed by atoms with Crippen molar-refractivity contribution in [1.82, 2.24) is 0 Å². The summed E-state index contributed by atoms with van der Waals surface area (Å²) in [4.78, 5) is 0. The second kappa shape index (κ2) is 12.3. The Labute approximate surface area is 207 Å². The predicted molar refractivity (Wildman–Crippen MR) is 140 cm³/mol. The van der Waals surface area contributed by atoms with Crippen LogP contribution in [0.5, 0.6) is 23.0 Å². The van der Waals surface area contributed by atoms with Crippen molar-refractivity contribution in [1.29, 1.82) is 0 Å². The Balaban J connectivity index is 1.46. The van der Waals surface area contributed by atoms with Gasteiger partial charge in [0, 0.05) is 11.1 Å². The van der Waals surface area contributed by atoms with E-state index >= 15 is 0 Å². The maximum atomic E-state index is 6.07. The Morgan fingerprint density at radius 2 is 1.14 bits per heavy atom. The molecule has 0 aliphatic heterocycles. The first-order valence-corrected chi connectivity index (χ1v) is 11.6. The Morgan fingerprint density at radius 1 is 0.571 bits per heavy atom. The number of rotatable bonds is 11. The van der Waals surface area contributed by atoms with Crippen LogP contribution in [0, 0.1) is 0 Å². The van der Waals surface area contributed by atoms with Crippen LogP contribution in [0.25, 0.3) is 6.08 Å². The molecular weight excluding hydrogens is 436 g/mol. The van der Waals surface area contributed by atoms with E-state index in [1.165, 1.54) is 0 Å². The number of methoxy groups -OCH3 is 2. The van der Waals surface area contributed by atoms with E-state index in [1.807, 2.05) is 78.9 Å². The molecule has 0 amide bonds. The van der Waals surface area contributed by atoms with Crippen molar-refractivity contribution in [3.05, 3.63) is 125 Å². The van der Waals surface area contributed by atoms with Gasteiger partial charge in [-0.2, -0.15) is 0 Å². The molecule has 4 nitrogen and oxygen atoms in total. The monoisotopic (exact) mass is 466 g/mol. The summed E-state index contributed by atoms with van der Waals surface area (Å²) in [5, 5.41) is 0. The smallest absolute Gasteiger partial charge is 0.203 e. The lowest BCUT2D eigenvalue weighted by molar-refractivity contribution is 0.275. The molecule has 4 aromatic carbocycles. The third-order valence-corrected chi connectivity index (χ3v) is 5.59. The van der Waals surface area contributed by atoms with Gasteiger partial charge in [0.15, 0.2) is 11.5 Å². The summed E-state index contributed by atoms with van der Waals surface area (Å²) in [6.07, 6.45) is 4.85. The van der Waals surface area contributed by atoms with Crippen LogP contribution in [0.1, 0.15) is 22.3 Å². The van der Waals surface area contributed by atoms with Crippen molar-refractivity contribution in [3.63, 3.8) is 0 Å². The molecule has 35 heavy (non-hydrogen) atoms. The van der Waals surface area contributed by atoms with E-state index < -0.39 is 0 Å². The predicted octanol–water partition coefficient (Wildman–Crippen LogP) is 7.12. The van der Waals surface area contributed by atoms with Gasteiger partial charge < -0.3 is 18.9 Å². The molecule has 0 aliphatic rings. The fourth-order valence-electron chi connectivity index (χ4n) is 3.81. The van der Waals surface area contributed by atoms with Crippen molar-refractivity contribution in [2.45, 2.75) is 19.6 Å². The maximum Gasteiger partial charge on any atom is 0.203 e. The largest absolute Gasteiger partial charge is 0.492 e. The van der Waals surface area contributed by atoms with Crippen LogP contribution >= 0.6 is 0 Å². The van der Waals surface area contributed by atoms with Crippen molar-refractivity contribution in [2.75, 3.05) is 14.2 Å². The number of ether oxygens (including phenoxy) is 4. The molecule has 0 aliphatic carbocycles. The first-order chi connectivity index (χ1) is 17.3. The van der Waals surface area contributed by atoms with Gasteiger partial charge in [0.1, 0.15) is 19.0 Å². The number of hydrogen-bond donors (Lipinski definition) is 0. The van der Waals surface area contributed by atoms with Crippen LogP contribution in [-0.4, -0.2) is 14.2 Å². The minimum Gasteiger partial charge on any atom is -0.492 e. The summed E-state index contributed by atoms with van der Waals surface area (Å²) in [6, 6.07) is 32.2. The summed E-state index contributed by atoms with van der Waals surface area (Å²) in [7, 11) is 3.28. The van der Waals surface area contributed by atoms with Crippen LogP contribution in [0.15, 0.2) is 103 Å². The second-order valence-corrected chi connectivity index (χ2v) is 7.98. The molecule has 0 spiro atoms. The standard InChI is InChI=1S/C31H30O4/c1-32-30-27(20-21-29(31(30)33-2)35-23-25-14-7-4-8-15-25)18-11-17-26-16-9-10-19-28(26)34-22-24-12-5-3-6-13-24/h3-17,19-21H,18,22-23H2,1-2H3/b17-11+. The molecule has 0 fully saturated rings. The molecule has 0 saturated carbocycles. The fourth-order valence-corrected chi connectivity index (χ4v) is 3.81. The van der Waals surface area contributed by atoms with Gasteiger partial charge in [-0.05, 0) is 29.7 Å². The first kappa shape index (κ1) is 24.0. The van der Waals surface area contributed by atoms with Gasteiger partial charge in [-0.15, -0.1) is 0 Å². The molecular formula is C31H30O4. The summed E-state index contributed by atoms with van der Waals surface area (Å²) < 4.78 is 23.5. The average Bonchev–Trinajstić information content (AvgIpc) is 2.92. The van der Waals surface area contributed by atoms with E-state index in [0.717, 1.165) is 28.0 Å². The quantitative estimate of drug-likeness (QED) is 0.236. The lowest BCUT2D eigenvalue weighted by Crippen LogP contribution is -2.01. The lowest BCUT2D eigenvalue weighted by atomic mass is 10.1. The van der Waals surface area contributed by atoms with Gasteiger partial charge in [-0.25, -0.2) is 0 Å². The van der Waals surface area contributed by atoms with Crippen LogP contribution < -0.4 is 18.9 Å². The molecule has 4 heteroatoms. The third-order valence-electron chi connectivity index (χ3n) is 5.59. The van der Waals surface area contributed by atoms with Gasteiger partial charge in [0.2, 0.25) is 5.75 Å². The Morgan fingerprint density at radius 3 is 1.77 bits per heavy atom. The van der Waals surface area contributed by atoms with Crippen molar-refractivity contribution < 1.29 is 18.9 Å². The van der Waals surface area contributed by atoms with Gasteiger partial charge in [0.05, 0.1) is 14.2 Å². The average molecular weight is 467 g/mol. The van der Waals surface area contributed by atoms with E-state index in [9.17, 15) is 0 Å². The number of hydrogen-bond acceptors (Lipinski definition) is 4. The molecule has 0 unspecified atom stereocenters. The zero-order chi connectivity index (χ0) is 24.3. The van der Waals surface area contributed by atoms with Gasteiger partial charge in [0.25, 0.3) is 0 Å². The van der Waals surface area contributed by atoms with E-state index in [-0.39, 0.29) is 0 Å². The van der Waals surface area contributed by atoms with E-state index in [0.29, 0.717) is 36.9 Å². The minimum absolute atomic E-state index is 0.458. The van der Waals surface area contributed by atoms with Gasteiger partial charge >= 0.3 is 0 Å². The highest BCUT2D eigenvalue weighted by Gasteiger charge is 2.16. The normalized spacial score (nSPS) is 10.8. The van der Waals surface area contributed by atoms with Crippen LogP contribution in [0.3, 0.4) is 0 Å². The Kier molecular flexibility index (Phi) is 8.44. The topological polar surface area (TPSA) is 36.9 Å². The van der Waals surface area contributed by atoms with Crippen LogP contribution in [-0.2, 0) is 19.6 Å². The van der Waals surface area contributed by atoms with Crippen molar-refractivity contribution in [2.24, 2.45) is 0 Å². The summed E-state index contributed by atoms with van der Waals surface area (Å²) in [6.45, 7) is 0.987. The molecule has 0 radical (unpaired) electrons. The zero-order valence-electron chi connectivity index (χ0n) is 20.1. The van der Waals surface area contributed by atoms with Gasteiger partial charge in [-0.3, -0.25) is 0 Å². The number of benzene rings is 4. The third kappa shape index (κ3) is 6.45. The highest BCUT2D eigenvalue weighted by molar-refractivity contribution is 5.60. The molecule has 0 heterocycles. The fraction of sp³-hybridized carbons (Fsp3) is 0.161. The highest BCUT2D eigenvalue weighted by atomic mass is 16.5. The van der Waals surface area contributed by atoms with Crippen molar-refractivity contribution in [3.8, 4) is 23.0 Å². The molecule has 0 saturated heterocycles. The molecule has 4 aromatic rings. The zero-order valence-corrected chi connectivity index (χ0v) is 20.1. The summed E-state index contributed by atoms with van der Waals surface area (Å²) >= 11 is 0. The molecule has 4 rings (SSSR count). The summed E-state index contributed by atoms with van der Waals surface area (Å²) in [5.74, 6) is 2.78. The second-order valence-electron chi connectivity index (χ2n) is 7.98. The minimum atomic E-state index is 0.458. The number of allylic oxidation sites excluding steroid dienone is 1. The van der Waals surface area contributed by atoms with E-state index in [1.54, 1.807) is 14.2 Å². The van der Waals surface area contributed by atoms with Crippen LogP contribution in [0.4, 0.5) is 0 Å². The van der Waals surface area contributed by atoms with Crippen molar-refractivity contribution >= 4 is 6.08 Å². The molecule has 0 aromatic heterocycles. The van der Waals surface area contributed by atoms with Crippen LogP contribution in [0.2, 0.25) is 0 Å². The molecule has 0 N–H and O–H groups in total. The maximum absolute atomic E-state index is 6.07. The highest BCUT2D eigenvalue weighted by Crippen LogP contribution is 2.40. The van der Waals surface area contributed by atoms with E-state index in [4.69, 9.17) is 18.9 Å². The molecule has 0 atom stereocenters. The Bertz CT molecular complexity index is 1230. The summed E-state index contributed by atoms with van der Waals surface area (Å²) in [5.41, 5.74) is 4.26. The number of para-hydroxylation sites is 1.